The van der Waals surface area contributed by atoms with Crippen LogP contribution < -0.4 is 5.32 Å². The van der Waals surface area contributed by atoms with Crippen LogP contribution in [0.2, 0.25) is 0 Å². The van der Waals surface area contributed by atoms with Gasteiger partial charge >= 0.3 is 5.97 Å². The van der Waals surface area contributed by atoms with Crippen LogP contribution in [0.15, 0.2) is 24.3 Å². The lowest BCUT2D eigenvalue weighted by molar-refractivity contribution is 0.0526. The maximum atomic E-state index is 12.7. The lowest BCUT2D eigenvalue weighted by atomic mass is 9.88. The van der Waals surface area contributed by atoms with E-state index < -0.39 is 0 Å². The summed E-state index contributed by atoms with van der Waals surface area (Å²) in [6.45, 7) is 5.74. The number of anilines is 1. The summed E-state index contributed by atoms with van der Waals surface area (Å²) in [5, 5.41) is 3.43. The Labute approximate surface area is 162 Å². The molecule has 1 atom stereocenters. The minimum absolute atomic E-state index is 0.0494. The summed E-state index contributed by atoms with van der Waals surface area (Å²) in [4.78, 5) is 37.7. The van der Waals surface area contributed by atoms with Crippen molar-refractivity contribution in [3.05, 3.63) is 51.4 Å². The van der Waals surface area contributed by atoms with Crippen molar-refractivity contribution in [2.75, 3.05) is 11.9 Å². The van der Waals surface area contributed by atoms with Gasteiger partial charge < -0.3 is 10.1 Å². The van der Waals surface area contributed by atoms with Crippen molar-refractivity contribution in [2.24, 2.45) is 5.92 Å². The number of ketones is 1. The molecule has 6 heteroatoms. The SMILES string of the molecule is CCOC(=O)c1c(NC(=O)c2ccc(C(C)=O)cc2)sc2c1CCC(C)C2. The molecular formula is C21H23NO4S. The zero-order valence-electron chi connectivity index (χ0n) is 15.8. The van der Waals surface area contributed by atoms with Gasteiger partial charge in [0.15, 0.2) is 5.78 Å². The van der Waals surface area contributed by atoms with Crippen molar-refractivity contribution in [1.29, 1.82) is 0 Å². The number of thiophene rings is 1. The number of Topliss-reactive ketones (excluding diaryl/α,β-unsaturated/α-hetero) is 1. The summed E-state index contributed by atoms with van der Waals surface area (Å²) < 4.78 is 5.23. The largest absolute Gasteiger partial charge is 0.462 e. The van der Waals surface area contributed by atoms with E-state index in [9.17, 15) is 14.4 Å². The Hall–Kier alpha value is -2.47. The van der Waals surface area contributed by atoms with Gasteiger partial charge in [-0.15, -0.1) is 11.3 Å². The van der Waals surface area contributed by atoms with Gasteiger partial charge in [-0.05, 0) is 56.7 Å². The zero-order valence-corrected chi connectivity index (χ0v) is 16.6. The average Bonchev–Trinajstić information content (AvgIpc) is 2.98. The maximum Gasteiger partial charge on any atom is 0.341 e. The van der Waals surface area contributed by atoms with Crippen LogP contribution in [0.5, 0.6) is 0 Å². The predicted molar refractivity (Wildman–Crippen MR) is 106 cm³/mol. The van der Waals surface area contributed by atoms with Crippen molar-refractivity contribution < 1.29 is 19.1 Å². The first-order chi connectivity index (χ1) is 12.9. The van der Waals surface area contributed by atoms with Crippen LogP contribution in [-0.4, -0.2) is 24.3 Å². The lowest BCUT2D eigenvalue weighted by Crippen LogP contribution is -2.16. The molecule has 1 unspecified atom stereocenters. The second-order valence-electron chi connectivity index (χ2n) is 6.86. The van der Waals surface area contributed by atoms with E-state index in [2.05, 4.69) is 12.2 Å². The topological polar surface area (TPSA) is 72.5 Å². The Morgan fingerprint density at radius 2 is 1.85 bits per heavy atom. The lowest BCUT2D eigenvalue weighted by Gasteiger charge is -2.18. The highest BCUT2D eigenvalue weighted by Crippen LogP contribution is 2.40. The second kappa shape index (κ2) is 8.05. The highest BCUT2D eigenvalue weighted by molar-refractivity contribution is 7.17. The molecule has 142 valence electrons. The minimum atomic E-state index is -0.383. The first-order valence-corrected chi connectivity index (χ1v) is 9.96. The number of nitrogens with one attached hydrogen (secondary N) is 1. The number of benzene rings is 1. The fourth-order valence-corrected chi connectivity index (χ4v) is 4.68. The molecule has 1 aliphatic rings. The Balaban J connectivity index is 1.90. The smallest absolute Gasteiger partial charge is 0.341 e. The third-order valence-corrected chi connectivity index (χ3v) is 5.94. The van der Waals surface area contributed by atoms with E-state index in [0.29, 0.717) is 34.2 Å². The van der Waals surface area contributed by atoms with Crippen LogP contribution in [0.25, 0.3) is 0 Å². The molecule has 1 aliphatic carbocycles. The van der Waals surface area contributed by atoms with Crippen LogP contribution in [-0.2, 0) is 17.6 Å². The molecule has 0 saturated heterocycles. The third-order valence-electron chi connectivity index (χ3n) is 4.77. The number of carbonyl (C=O) groups excluding carboxylic acids is 3. The standard InChI is InChI=1S/C21H23NO4S/c1-4-26-21(25)18-16-10-5-12(2)11-17(16)27-20(18)22-19(24)15-8-6-14(7-9-15)13(3)23/h6-9,12H,4-5,10-11H2,1-3H3,(H,22,24). The van der Waals surface area contributed by atoms with Crippen molar-refractivity contribution in [1.82, 2.24) is 0 Å². The van der Waals surface area contributed by atoms with E-state index in [0.717, 1.165) is 29.7 Å². The van der Waals surface area contributed by atoms with Crippen LogP contribution in [0.3, 0.4) is 0 Å². The van der Waals surface area contributed by atoms with Gasteiger partial charge in [0.25, 0.3) is 5.91 Å². The Morgan fingerprint density at radius 1 is 1.19 bits per heavy atom. The van der Waals surface area contributed by atoms with Gasteiger partial charge in [0.05, 0.1) is 12.2 Å². The highest BCUT2D eigenvalue weighted by Gasteiger charge is 2.29. The molecule has 1 aromatic heterocycles. The number of ether oxygens (including phenoxy) is 1. The highest BCUT2D eigenvalue weighted by atomic mass is 32.1. The third kappa shape index (κ3) is 4.11. The van der Waals surface area contributed by atoms with Gasteiger partial charge in [0, 0.05) is 16.0 Å². The molecule has 1 heterocycles. The number of fused-ring (bicyclic) bond motifs is 1. The second-order valence-corrected chi connectivity index (χ2v) is 7.97. The zero-order chi connectivity index (χ0) is 19.6. The van der Waals surface area contributed by atoms with Crippen LogP contribution in [0, 0.1) is 5.92 Å². The minimum Gasteiger partial charge on any atom is -0.462 e. The summed E-state index contributed by atoms with van der Waals surface area (Å²) in [5.41, 5.74) is 2.50. The molecule has 1 aromatic carbocycles. The van der Waals surface area contributed by atoms with E-state index in [1.165, 1.54) is 18.3 Å². The van der Waals surface area contributed by atoms with Gasteiger partial charge in [-0.1, -0.05) is 19.1 Å². The first kappa shape index (κ1) is 19.3. The van der Waals surface area contributed by atoms with Gasteiger partial charge in [-0.25, -0.2) is 4.79 Å². The number of hydrogen-bond donors (Lipinski definition) is 1. The fourth-order valence-electron chi connectivity index (χ4n) is 3.29. The molecule has 0 aliphatic heterocycles. The number of amides is 1. The number of rotatable bonds is 5. The van der Waals surface area contributed by atoms with Gasteiger partial charge in [-0.3, -0.25) is 9.59 Å². The van der Waals surface area contributed by atoms with E-state index >= 15 is 0 Å². The van der Waals surface area contributed by atoms with E-state index in [1.54, 1.807) is 31.2 Å². The van der Waals surface area contributed by atoms with Crippen molar-refractivity contribution in [3.8, 4) is 0 Å². The molecule has 3 rings (SSSR count). The summed E-state index contributed by atoms with van der Waals surface area (Å²) in [7, 11) is 0. The average molecular weight is 385 g/mol. The van der Waals surface area contributed by atoms with Gasteiger partial charge in [-0.2, -0.15) is 0 Å². The van der Waals surface area contributed by atoms with Gasteiger partial charge in [0.2, 0.25) is 0 Å². The maximum absolute atomic E-state index is 12.7. The molecule has 0 saturated carbocycles. The molecule has 1 amide bonds. The summed E-state index contributed by atoms with van der Waals surface area (Å²) in [6, 6.07) is 6.49. The molecule has 27 heavy (non-hydrogen) atoms. The van der Waals surface area contributed by atoms with Crippen LogP contribution in [0.4, 0.5) is 5.00 Å². The quantitative estimate of drug-likeness (QED) is 0.607. The van der Waals surface area contributed by atoms with E-state index in [1.807, 2.05) is 0 Å². The van der Waals surface area contributed by atoms with Gasteiger partial charge in [0.1, 0.15) is 5.00 Å². The number of hydrogen-bond acceptors (Lipinski definition) is 5. The molecule has 0 spiro atoms. The summed E-state index contributed by atoms with van der Waals surface area (Å²) in [6.07, 6.45) is 2.76. The van der Waals surface area contributed by atoms with Crippen LogP contribution >= 0.6 is 11.3 Å². The van der Waals surface area contributed by atoms with Crippen molar-refractivity contribution in [3.63, 3.8) is 0 Å². The molecule has 0 radical (unpaired) electrons. The fraction of sp³-hybridized carbons (Fsp3) is 0.381. The Bertz CT molecular complexity index is 882. The number of esters is 1. The van der Waals surface area contributed by atoms with Crippen LogP contribution in [0.1, 0.15) is 68.7 Å². The summed E-state index contributed by atoms with van der Waals surface area (Å²) in [5.74, 6) is -0.172. The number of carbonyl (C=O) groups is 3. The summed E-state index contributed by atoms with van der Waals surface area (Å²) >= 11 is 1.46. The molecule has 0 fully saturated rings. The Kier molecular flexibility index (Phi) is 5.75. The molecule has 1 N–H and O–H groups in total. The van der Waals surface area contributed by atoms with E-state index in [4.69, 9.17) is 4.74 Å². The van der Waals surface area contributed by atoms with Crippen molar-refractivity contribution >= 4 is 34.0 Å². The van der Waals surface area contributed by atoms with Crippen molar-refractivity contribution in [2.45, 2.75) is 40.0 Å². The normalized spacial score (nSPS) is 15.7. The predicted octanol–water partition coefficient (Wildman–Crippen LogP) is 4.50. The molecule has 2 aromatic rings. The molecule has 0 bridgehead atoms. The van der Waals surface area contributed by atoms with E-state index in [-0.39, 0.29) is 17.7 Å². The first-order valence-electron chi connectivity index (χ1n) is 9.14. The molecule has 5 nitrogen and oxygen atoms in total. The molecular weight excluding hydrogens is 362 g/mol. The monoisotopic (exact) mass is 385 g/mol. The Morgan fingerprint density at radius 3 is 2.48 bits per heavy atom.